The summed E-state index contributed by atoms with van der Waals surface area (Å²) < 4.78 is 0. The van der Waals surface area contributed by atoms with Crippen molar-refractivity contribution in [2.24, 2.45) is 0 Å². The molecule has 1 aromatic rings. The molecule has 11 heavy (non-hydrogen) atoms. The minimum Gasteiger partial charge on any atom is -1.00 e. The van der Waals surface area contributed by atoms with Crippen LogP contribution in [0.25, 0.3) is 0 Å². The van der Waals surface area contributed by atoms with Gasteiger partial charge in [0.25, 0.3) is 0 Å². The molecule has 1 rings (SSSR count). The van der Waals surface area contributed by atoms with E-state index in [9.17, 15) is 0 Å². The van der Waals surface area contributed by atoms with Crippen LogP contribution in [-0.4, -0.2) is 41.3 Å². The van der Waals surface area contributed by atoms with Crippen molar-refractivity contribution in [1.29, 1.82) is 0 Å². The van der Waals surface area contributed by atoms with Gasteiger partial charge in [0.05, 0.1) is 6.61 Å². The van der Waals surface area contributed by atoms with Crippen molar-refractivity contribution in [3.8, 4) is 0 Å². The number of hydrogen-bond acceptors (Lipinski definition) is 2. The van der Waals surface area contributed by atoms with E-state index in [0.29, 0.717) is 6.54 Å². The summed E-state index contributed by atoms with van der Waals surface area (Å²) in [6.07, 6.45) is 0. The van der Waals surface area contributed by atoms with E-state index in [1.807, 2.05) is 30.3 Å². The van der Waals surface area contributed by atoms with Crippen LogP contribution >= 0.6 is 0 Å². The molecule has 2 nitrogen and oxygen atoms in total. The normalized spacial score (nSPS) is 8.45. The Morgan fingerprint density at radius 2 is 1.91 bits per heavy atom. The van der Waals surface area contributed by atoms with Gasteiger partial charge in [-0.2, -0.15) is 0 Å². The molecule has 0 aromatic heterocycles. The van der Waals surface area contributed by atoms with E-state index in [-0.39, 0.29) is 32.5 Å². The van der Waals surface area contributed by atoms with Crippen molar-refractivity contribution in [1.82, 2.24) is 0 Å². The van der Waals surface area contributed by atoms with Gasteiger partial charge in [0, 0.05) is 12.2 Å². The fraction of sp³-hybridized carbons (Fsp3) is 0.250. The smallest absolute Gasteiger partial charge is 1.00 e. The molecule has 0 spiro atoms. The number of hydrogen-bond donors (Lipinski definition) is 2. The molecule has 0 saturated carbocycles. The Balaban J connectivity index is -0.000000333. The minimum atomic E-state index is 0. The Labute approximate surface area is 85.7 Å². The van der Waals surface area contributed by atoms with E-state index in [1.165, 1.54) is 0 Å². The molecule has 0 aliphatic carbocycles. The van der Waals surface area contributed by atoms with Gasteiger partial charge in [0.2, 0.25) is 0 Å². The Bertz CT molecular complexity index is 187. The molecule has 1 aromatic carbocycles. The van der Waals surface area contributed by atoms with E-state index in [2.05, 4.69) is 5.32 Å². The van der Waals surface area contributed by atoms with Crippen LogP contribution in [-0.2, 0) is 0 Å². The fourth-order valence-corrected chi connectivity index (χ4v) is 0.756. The van der Waals surface area contributed by atoms with Crippen LogP contribution in [0.1, 0.15) is 2.85 Å². The number of anilines is 1. The van der Waals surface area contributed by atoms with Crippen LogP contribution in [0.2, 0.25) is 0 Å². The summed E-state index contributed by atoms with van der Waals surface area (Å²) in [5, 5.41) is 11.5. The molecule has 0 aliphatic heterocycles. The van der Waals surface area contributed by atoms with E-state index >= 15 is 0 Å². The van der Waals surface area contributed by atoms with Crippen LogP contribution in [0.5, 0.6) is 0 Å². The van der Waals surface area contributed by atoms with Gasteiger partial charge in [-0.15, -0.1) is 0 Å². The average Bonchev–Trinajstić information content (AvgIpc) is 2.03. The van der Waals surface area contributed by atoms with Crippen molar-refractivity contribution in [2.75, 3.05) is 18.5 Å². The number of benzene rings is 1. The van der Waals surface area contributed by atoms with Crippen molar-refractivity contribution in [3.05, 3.63) is 30.3 Å². The zero-order valence-corrected chi connectivity index (χ0v) is 7.87. The third-order valence-electron chi connectivity index (χ3n) is 1.21. The Morgan fingerprint density at radius 3 is 2.45 bits per heavy atom. The molecule has 58 valence electrons. The van der Waals surface area contributed by atoms with Crippen molar-refractivity contribution >= 4 is 28.7 Å². The summed E-state index contributed by atoms with van der Waals surface area (Å²) in [6, 6.07) is 9.81. The van der Waals surface area contributed by atoms with Crippen LogP contribution in [0.15, 0.2) is 30.3 Å². The van der Waals surface area contributed by atoms with Gasteiger partial charge in [-0.25, -0.2) is 0 Å². The largest absolute Gasteiger partial charge is 2.00 e. The molecular weight excluding hydrogens is 150 g/mol. The molecule has 2 N–H and O–H groups in total. The number of rotatable bonds is 3. The molecule has 0 heterocycles. The molecule has 0 fully saturated rings. The van der Waals surface area contributed by atoms with E-state index in [4.69, 9.17) is 5.11 Å². The van der Waals surface area contributed by atoms with Crippen molar-refractivity contribution < 1.29 is 7.96 Å². The molecule has 0 radical (unpaired) electrons. The molecule has 0 aliphatic rings. The molecule has 3 heteroatoms. The topological polar surface area (TPSA) is 32.3 Å². The van der Waals surface area contributed by atoms with Crippen molar-refractivity contribution in [2.45, 2.75) is 0 Å². The maximum Gasteiger partial charge on any atom is 2.00 e. The average molecular weight is 164 g/mol. The Hall–Kier alpha value is -0.254. The first kappa shape index (κ1) is 10.7. The number of para-hydroxylation sites is 1. The number of aliphatic hydroxyl groups is 1. The van der Waals surface area contributed by atoms with Gasteiger partial charge in [0.15, 0.2) is 0 Å². The summed E-state index contributed by atoms with van der Waals surface area (Å²) in [6.45, 7) is 0.791. The molecule has 0 amide bonds. The number of nitrogens with one attached hydrogen (secondary N) is 1. The molecule has 0 saturated heterocycles. The third kappa shape index (κ3) is 4.24. The number of aliphatic hydroxyl groups excluding tert-OH is 1. The summed E-state index contributed by atoms with van der Waals surface area (Å²) in [5.74, 6) is 0. The fourth-order valence-electron chi connectivity index (χ4n) is 0.756. The van der Waals surface area contributed by atoms with Crippen LogP contribution in [0.3, 0.4) is 0 Å². The maximum atomic E-state index is 8.47. The second kappa shape index (κ2) is 6.46. The van der Waals surface area contributed by atoms with Crippen LogP contribution in [0, 0.1) is 0 Å². The van der Waals surface area contributed by atoms with Gasteiger partial charge in [-0.05, 0) is 12.1 Å². The predicted molar refractivity (Wildman–Crippen MR) is 50.0 cm³/mol. The molecule has 0 atom stereocenters. The first-order valence-electron chi connectivity index (χ1n) is 3.33. The summed E-state index contributed by atoms with van der Waals surface area (Å²) in [7, 11) is 0. The maximum absolute atomic E-state index is 8.47. The second-order valence-corrected chi connectivity index (χ2v) is 2.02. The van der Waals surface area contributed by atoms with E-state index in [0.717, 1.165) is 5.69 Å². The zero-order chi connectivity index (χ0) is 7.23. The van der Waals surface area contributed by atoms with Crippen LogP contribution < -0.4 is 5.32 Å². The summed E-state index contributed by atoms with van der Waals surface area (Å²) in [4.78, 5) is 0. The quantitative estimate of drug-likeness (QED) is 0.650. The van der Waals surface area contributed by atoms with Crippen LogP contribution in [0.4, 0.5) is 5.69 Å². The molecule has 0 unspecified atom stereocenters. The van der Waals surface area contributed by atoms with Gasteiger partial charge in [0.1, 0.15) is 0 Å². The SMILES string of the molecule is OCCNc1ccccc1.[H-].[H-].[Mg+2]. The van der Waals surface area contributed by atoms with E-state index < -0.39 is 0 Å². The Kier molecular flexibility index (Phi) is 6.31. The van der Waals surface area contributed by atoms with Gasteiger partial charge in [-0.3, -0.25) is 0 Å². The summed E-state index contributed by atoms with van der Waals surface area (Å²) in [5.41, 5.74) is 1.05. The first-order chi connectivity index (χ1) is 4.93. The van der Waals surface area contributed by atoms with E-state index in [1.54, 1.807) is 0 Å². The molecular formula is C8H13MgNO. The van der Waals surface area contributed by atoms with Crippen molar-refractivity contribution in [3.63, 3.8) is 0 Å². The van der Waals surface area contributed by atoms with Gasteiger partial charge in [-0.1, -0.05) is 18.2 Å². The standard InChI is InChI=1S/C8H11NO.Mg.2H/c10-7-6-9-8-4-2-1-3-5-8;;;/h1-5,9-10H,6-7H2;;;/q;+2;2*-1. The third-order valence-corrected chi connectivity index (χ3v) is 1.21. The van der Waals surface area contributed by atoms with Gasteiger partial charge < -0.3 is 13.3 Å². The zero-order valence-electron chi connectivity index (χ0n) is 8.46. The summed E-state index contributed by atoms with van der Waals surface area (Å²) >= 11 is 0. The predicted octanol–water partition coefficient (Wildman–Crippen LogP) is 0.935. The molecule has 0 bridgehead atoms. The monoisotopic (exact) mass is 163 g/mol. The van der Waals surface area contributed by atoms with Gasteiger partial charge >= 0.3 is 23.1 Å². The Morgan fingerprint density at radius 1 is 1.27 bits per heavy atom. The first-order valence-corrected chi connectivity index (χ1v) is 3.33. The minimum absolute atomic E-state index is 0. The second-order valence-electron chi connectivity index (χ2n) is 2.02.